The van der Waals surface area contributed by atoms with E-state index in [0.29, 0.717) is 18.8 Å². The van der Waals surface area contributed by atoms with Crippen molar-refractivity contribution in [3.8, 4) is 0 Å². The SMILES string of the molecule is NS(=O)(=O)c1ccc(C(=O)Nc2cccc(S(=O)(=O)NC3=NCCCCC3)c2)cc1. The molecule has 9 nitrogen and oxygen atoms in total. The van der Waals surface area contributed by atoms with Crippen molar-refractivity contribution in [1.82, 2.24) is 4.72 Å². The molecule has 11 heteroatoms. The number of carbonyl (C=O) groups excluding carboxylic acids is 1. The lowest BCUT2D eigenvalue weighted by Crippen LogP contribution is -2.30. The number of anilines is 1. The largest absolute Gasteiger partial charge is 0.322 e. The lowest BCUT2D eigenvalue weighted by Gasteiger charge is -2.11. The molecule has 0 fully saturated rings. The van der Waals surface area contributed by atoms with Crippen molar-refractivity contribution < 1.29 is 21.6 Å². The lowest BCUT2D eigenvalue weighted by molar-refractivity contribution is 0.102. The van der Waals surface area contributed by atoms with E-state index in [2.05, 4.69) is 15.0 Å². The molecule has 1 amide bonds. The number of amidine groups is 1. The normalized spacial score (nSPS) is 15.0. The maximum Gasteiger partial charge on any atom is 0.262 e. The van der Waals surface area contributed by atoms with Crippen molar-refractivity contribution in [2.24, 2.45) is 10.1 Å². The molecular weight excluding hydrogens is 428 g/mol. The molecule has 160 valence electrons. The van der Waals surface area contributed by atoms with Gasteiger partial charge < -0.3 is 5.32 Å². The molecule has 30 heavy (non-hydrogen) atoms. The van der Waals surface area contributed by atoms with E-state index in [1.807, 2.05) is 0 Å². The van der Waals surface area contributed by atoms with Gasteiger partial charge in [-0.2, -0.15) is 0 Å². The number of nitrogens with one attached hydrogen (secondary N) is 2. The molecule has 0 bridgehead atoms. The minimum atomic E-state index is -3.86. The number of nitrogens with two attached hydrogens (primary N) is 1. The fraction of sp³-hybridized carbons (Fsp3) is 0.263. The Kier molecular flexibility index (Phi) is 6.54. The van der Waals surface area contributed by atoms with Gasteiger partial charge in [-0.05, 0) is 55.3 Å². The summed E-state index contributed by atoms with van der Waals surface area (Å²) in [5.74, 6) is -0.0801. The summed E-state index contributed by atoms with van der Waals surface area (Å²) in [5, 5.41) is 7.64. The fourth-order valence-corrected chi connectivity index (χ4v) is 4.56. The van der Waals surface area contributed by atoms with Crippen LogP contribution in [0.4, 0.5) is 5.69 Å². The van der Waals surface area contributed by atoms with Crippen LogP contribution in [0.25, 0.3) is 0 Å². The molecule has 4 N–H and O–H groups in total. The number of primary sulfonamides is 1. The Morgan fingerprint density at radius 2 is 1.67 bits per heavy atom. The molecule has 0 radical (unpaired) electrons. The highest BCUT2D eigenvalue weighted by Gasteiger charge is 2.18. The number of aliphatic imine (C=N–C) groups is 1. The van der Waals surface area contributed by atoms with Gasteiger partial charge in [0.25, 0.3) is 15.9 Å². The van der Waals surface area contributed by atoms with Crippen LogP contribution < -0.4 is 15.2 Å². The molecule has 2 aromatic rings. The van der Waals surface area contributed by atoms with Gasteiger partial charge in [-0.15, -0.1) is 0 Å². The summed E-state index contributed by atoms with van der Waals surface area (Å²) in [4.78, 5) is 16.6. The highest BCUT2D eigenvalue weighted by molar-refractivity contribution is 7.90. The molecule has 0 aliphatic carbocycles. The smallest absolute Gasteiger partial charge is 0.262 e. The number of carbonyl (C=O) groups is 1. The third-order valence-electron chi connectivity index (χ3n) is 4.47. The van der Waals surface area contributed by atoms with Gasteiger partial charge in [-0.3, -0.25) is 14.5 Å². The molecule has 0 saturated heterocycles. The van der Waals surface area contributed by atoms with Crippen molar-refractivity contribution in [1.29, 1.82) is 0 Å². The number of benzene rings is 2. The molecule has 0 atom stereocenters. The zero-order chi connectivity index (χ0) is 21.8. The Morgan fingerprint density at radius 3 is 2.37 bits per heavy atom. The van der Waals surface area contributed by atoms with Crippen LogP contribution in [-0.2, 0) is 20.0 Å². The van der Waals surface area contributed by atoms with Gasteiger partial charge in [0, 0.05) is 24.2 Å². The van der Waals surface area contributed by atoms with Crippen LogP contribution in [0.5, 0.6) is 0 Å². The molecule has 0 unspecified atom stereocenters. The quantitative estimate of drug-likeness (QED) is 0.636. The van der Waals surface area contributed by atoms with Crippen LogP contribution in [0.3, 0.4) is 0 Å². The Bertz CT molecular complexity index is 1170. The third kappa shape index (κ3) is 5.65. The van der Waals surface area contributed by atoms with E-state index in [0.717, 1.165) is 19.3 Å². The average molecular weight is 451 g/mol. The Labute approximate surface area is 175 Å². The van der Waals surface area contributed by atoms with Gasteiger partial charge in [0.15, 0.2) is 0 Å². The summed E-state index contributed by atoms with van der Waals surface area (Å²) in [7, 11) is -7.69. The maximum absolute atomic E-state index is 12.7. The molecule has 1 heterocycles. The van der Waals surface area contributed by atoms with Crippen molar-refractivity contribution in [3.05, 3.63) is 54.1 Å². The van der Waals surface area contributed by atoms with E-state index in [9.17, 15) is 21.6 Å². The van der Waals surface area contributed by atoms with Crippen molar-refractivity contribution in [2.75, 3.05) is 11.9 Å². The van der Waals surface area contributed by atoms with E-state index in [1.165, 1.54) is 42.5 Å². The van der Waals surface area contributed by atoms with Crippen LogP contribution in [0.1, 0.15) is 36.0 Å². The lowest BCUT2D eigenvalue weighted by atomic mass is 10.2. The maximum atomic E-state index is 12.7. The molecule has 1 aliphatic heterocycles. The number of hydrogen-bond donors (Lipinski definition) is 3. The summed E-state index contributed by atoms with van der Waals surface area (Å²) in [6, 6.07) is 10.9. The van der Waals surface area contributed by atoms with Crippen molar-refractivity contribution in [3.63, 3.8) is 0 Å². The first kappa shape index (κ1) is 21.9. The minimum absolute atomic E-state index is 0.00294. The van der Waals surface area contributed by atoms with Crippen molar-refractivity contribution in [2.45, 2.75) is 35.5 Å². The summed E-state index contributed by atoms with van der Waals surface area (Å²) in [6.45, 7) is 0.595. The molecular formula is C19H22N4O5S2. The van der Waals surface area contributed by atoms with Gasteiger partial charge >= 0.3 is 0 Å². The number of amides is 1. The molecule has 1 aliphatic rings. The first-order chi connectivity index (χ1) is 14.1. The number of nitrogens with zero attached hydrogens (tertiary/aromatic N) is 1. The summed E-state index contributed by atoms with van der Waals surface area (Å²) in [6.07, 6.45) is 3.39. The van der Waals surface area contributed by atoms with Gasteiger partial charge in [-0.25, -0.2) is 22.0 Å². The first-order valence-electron chi connectivity index (χ1n) is 9.25. The van der Waals surface area contributed by atoms with Crippen LogP contribution in [-0.4, -0.2) is 35.1 Å². The van der Waals surface area contributed by atoms with Crippen LogP contribution in [0, 0.1) is 0 Å². The van der Waals surface area contributed by atoms with Crippen LogP contribution in [0.15, 0.2) is 63.3 Å². The second kappa shape index (κ2) is 8.94. The third-order valence-corrected chi connectivity index (χ3v) is 6.78. The zero-order valence-corrected chi connectivity index (χ0v) is 17.7. The van der Waals surface area contributed by atoms with Gasteiger partial charge in [-0.1, -0.05) is 12.5 Å². The molecule has 3 rings (SSSR count). The van der Waals surface area contributed by atoms with Gasteiger partial charge in [0.2, 0.25) is 10.0 Å². The molecule has 2 aromatic carbocycles. The predicted octanol–water partition coefficient (Wildman–Crippen LogP) is 1.84. The van der Waals surface area contributed by atoms with Crippen LogP contribution >= 0.6 is 0 Å². The molecule has 0 aromatic heterocycles. The van der Waals surface area contributed by atoms with E-state index < -0.39 is 26.0 Å². The summed E-state index contributed by atoms with van der Waals surface area (Å²) >= 11 is 0. The predicted molar refractivity (Wildman–Crippen MR) is 113 cm³/mol. The highest BCUT2D eigenvalue weighted by atomic mass is 32.2. The number of sulfonamides is 2. The van der Waals surface area contributed by atoms with E-state index >= 15 is 0 Å². The Balaban J connectivity index is 1.74. The highest BCUT2D eigenvalue weighted by Crippen LogP contribution is 2.18. The second-order valence-corrected chi connectivity index (χ2v) is 10.0. The minimum Gasteiger partial charge on any atom is -0.322 e. The standard InChI is InChI=1S/C19H22N4O5S2/c20-29(25,26)16-10-8-14(9-11-16)19(24)22-15-5-4-6-17(13-15)30(27,28)23-18-7-2-1-3-12-21-18/h4-6,8-11,13H,1-3,7,12H2,(H,21,23)(H,22,24)(H2,20,25,26). The first-order valence-corrected chi connectivity index (χ1v) is 12.3. The molecule has 0 saturated carbocycles. The summed E-state index contributed by atoms with van der Waals surface area (Å²) < 4.78 is 50.5. The second-order valence-electron chi connectivity index (χ2n) is 6.80. The average Bonchev–Trinajstić information content (AvgIpc) is 2.96. The van der Waals surface area contributed by atoms with Crippen LogP contribution in [0.2, 0.25) is 0 Å². The molecule has 0 spiro atoms. The van der Waals surface area contributed by atoms with E-state index in [4.69, 9.17) is 5.14 Å². The Morgan fingerprint density at radius 1 is 0.933 bits per heavy atom. The van der Waals surface area contributed by atoms with Gasteiger partial charge in [0.1, 0.15) is 5.84 Å². The zero-order valence-electron chi connectivity index (χ0n) is 16.0. The number of hydrogen-bond acceptors (Lipinski definition) is 6. The fourth-order valence-electron chi connectivity index (χ4n) is 2.91. The van der Waals surface area contributed by atoms with E-state index in [-0.39, 0.29) is 21.0 Å². The van der Waals surface area contributed by atoms with E-state index in [1.54, 1.807) is 6.07 Å². The van der Waals surface area contributed by atoms with Crippen molar-refractivity contribution >= 4 is 37.5 Å². The topological polar surface area (TPSA) is 148 Å². The Hall–Kier alpha value is -2.76. The van der Waals surface area contributed by atoms with Gasteiger partial charge in [0.05, 0.1) is 9.79 Å². The number of rotatable bonds is 5. The monoisotopic (exact) mass is 450 g/mol. The summed E-state index contributed by atoms with van der Waals surface area (Å²) in [5.41, 5.74) is 0.475.